The summed E-state index contributed by atoms with van der Waals surface area (Å²) in [4.78, 5) is 12.7. The van der Waals surface area contributed by atoms with Crippen molar-refractivity contribution in [2.75, 3.05) is 12.4 Å². The van der Waals surface area contributed by atoms with E-state index in [1.165, 1.54) is 31.4 Å². The van der Waals surface area contributed by atoms with E-state index in [-0.39, 0.29) is 63.6 Å². The van der Waals surface area contributed by atoms with Crippen LogP contribution in [0.5, 0.6) is 11.5 Å². The first kappa shape index (κ1) is 30.8. The molecule has 0 aliphatic carbocycles. The third kappa shape index (κ3) is 6.55. The smallest absolute Gasteiger partial charge is 0.870 e. The maximum Gasteiger partial charge on any atom is 1.00 e. The van der Waals surface area contributed by atoms with Crippen molar-refractivity contribution in [1.29, 1.82) is 0 Å². The molecule has 13 heteroatoms. The average Bonchev–Trinajstić information content (AvgIpc) is 2.87. The summed E-state index contributed by atoms with van der Waals surface area (Å²) in [6, 6.07) is 15.7. The van der Waals surface area contributed by atoms with Crippen LogP contribution in [0.3, 0.4) is 0 Å². The molecule has 0 atom stereocenters. The summed E-state index contributed by atoms with van der Waals surface area (Å²) in [6.45, 7) is 1.70. The van der Waals surface area contributed by atoms with E-state index in [2.05, 4.69) is 15.5 Å². The van der Waals surface area contributed by atoms with Gasteiger partial charge >= 0.3 is 29.6 Å². The number of hydrogen-bond donors (Lipinski definition) is 2. The summed E-state index contributed by atoms with van der Waals surface area (Å²) >= 11 is 12.3. The van der Waals surface area contributed by atoms with Gasteiger partial charge in [0.2, 0.25) is 0 Å². The van der Waals surface area contributed by atoms with Gasteiger partial charge in [-0.2, -0.15) is 13.5 Å². The Hall–Kier alpha value is -2.70. The number of aryl methyl sites for hydroxylation is 1. The largest absolute Gasteiger partial charge is 1.00 e. The number of benzene rings is 4. The Kier molecular flexibility index (Phi) is 10.0. The number of carbonyl (C=O) groups is 1. The number of carbonyl (C=O) groups excluding carboxylic acids is 1. The van der Waals surface area contributed by atoms with Gasteiger partial charge in [0.25, 0.3) is 16.0 Å². The predicted octanol–water partition coefficient (Wildman–Crippen LogP) is 3.71. The van der Waals surface area contributed by atoms with Gasteiger partial charge in [-0.15, -0.1) is 5.11 Å². The molecule has 1 amide bonds. The predicted molar refractivity (Wildman–Crippen MR) is 144 cm³/mol. The van der Waals surface area contributed by atoms with E-state index in [0.29, 0.717) is 27.1 Å². The van der Waals surface area contributed by atoms with Crippen LogP contribution >= 0.6 is 23.2 Å². The minimum absolute atomic E-state index is 0. The third-order valence-electron chi connectivity index (χ3n) is 5.68. The summed E-state index contributed by atoms with van der Waals surface area (Å²) in [5.74, 6) is -1.10. The van der Waals surface area contributed by atoms with Crippen molar-refractivity contribution in [1.82, 2.24) is 0 Å². The minimum atomic E-state index is -4.65. The zero-order valence-corrected chi connectivity index (χ0v) is 25.4. The molecule has 0 spiro atoms. The summed E-state index contributed by atoms with van der Waals surface area (Å²) in [5.41, 5.74) is 0.0994. The fourth-order valence-corrected chi connectivity index (χ4v) is 5.43. The Balaban J connectivity index is 0.00000420. The number of hydrogen-bond acceptors (Lipinski definition) is 7. The van der Waals surface area contributed by atoms with E-state index in [1.54, 1.807) is 43.3 Å². The third-order valence-corrected chi connectivity index (χ3v) is 7.40. The number of anilines is 1. The fraction of sp³-hybridized carbons (Fsp3) is 0.115. The molecule has 0 bridgehead atoms. The van der Waals surface area contributed by atoms with Crippen LogP contribution < -0.4 is 44.7 Å². The van der Waals surface area contributed by atoms with Crippen molar-refractivity contribution in [3.05, 3.63) is 81.8 Å². The number of ether oxygens (including phenoxy) is 1. The second-order valence-electron chi connectivity index (χ2n) is 8.04. The van der Waals surface area contributed by atoms with Crippen LogP contribution in [0.2, 0.25) is 10.0 Å². The van der Waals surface area contributed by atoms with E-state index in [4.69, 9.17) is 27.9 Å². The molecule has 0 aliphatic heterocycles. The van der Waals surface area contributed by atoms with Gasteiger partial charge < -0.3 is 15.2 Å². The van der Waals surface area contributed by atoms with E-state index in [1.807, 2.05) is 0 Å². The van der Waals surface area contributed by atoms with E-state index in [9.17, 15) is 22.9 Å². The molecule has 0 aliphatic rings. The summed E-state index contributed by atoms with van der Waals surface area (Å²) < 4.78 is 38.7. The molecule has 0 saturated carbocycles. The topological polar surface area (TPSA) is 140 Å². The van der Waals surface area contributed by atoms with Crippen LogP contribution in [-0.2, 0) is 16.5 Å². The molecule has 0 saturated heterocycles. The standard InChI is InChI=1S/C26H21Cl2N3O6S.Na/c1-3-14-8-10-19(22(28)25(14)38(34,35)36)30-31-23-17-7-5-4-6-15(17)12-18(24(23)32)26(33)29-20-13-16(27)9-11-21(20)37-2;/h4-13,32H,3H2,1-2H3,(H,29,33)(H,34,35,36);/q;+1/p-1. The van der Waals surface area contributed by atoms with Crippen LogP contribution in [0.4, 0.5) is 17.1 Å². The number of nitrogens with zero attached hydrogens (tertiary/aromatic N) is 2. The van der Waals surface area contributed by atoms with E-state index in [0.717, 1.165) is 0 Å². The Morgan fingerprint density at radius 3 is 2.46 bits per heavy atom. The quantitative estimate of drug-likeness (QED) is 0.189. The SMILES string of the molecule is CCc1ccc(N=Nc2c([O-])c(C(=O)Nc3cc(Cl)ccc3OC)cc3ccccc23)c(Cl)c1S(=O)(=O)O.[Na+]. The van der Waals surface area contributed by atoms with Crippen LogP contribution in [0, 0.1) is 0 Å². The first-order valence-electron chi connectivity index (χ1n) is 11.1. The van der Waals surface area contributed by atoms with Crippen molar-refractivity contribution in [3.63, 3.8) is 0 Å². The van der Waals surface area contributed by atoms with Crippen LogP contribution in [0.15, 0.2) is 75.8 Å². The second kappa shape index (κ2) is 12.6. The van der Waals surface area contributed by atoms with Gasteiger partial charge in [-0.05, 0) is 47.7 Å². The number of nitrogens with one attached hydrogen (secondary N) is 1. The first-order valence-corrected chi connectivity index (χ1v) is 13.3. The zero-order valence-electron chi connectivity index (χ0n) is 21.0. The Morgan fingerprint density at radius 2 is 1.79 bits per heavy atom. The number of azo groups is 1. The molecule has 0 aromatic heterocycles. The molecule has 0 radical (unpaired) electrons. The second-order valence-corrected chi connectivity index (χ2v) is 10.2. The number of halogens is 2. The fourth-order valence-electron chi connectivity index (χ4n) is 3.87. The normalized spacial score (nSPS) is 11.4. The van der Waals surface area contributed by atoms with Crippen molar-refractivity contribution in [2.45, 2.75) is 18.2 Å². The summed E-state index contributed by atoms with van der Waals surface area (Å²) in [6.07, 6.45) is 0.288. The maximum absolute atomic E-state index is 13.4. The molecule has 39 heavy (non-hydrogen) atoms. The molecular weight excluding hydrogens is 576 g/mol. The Bertz CT molecular complexity index is 1710. The van der Waals surface area contributed by atoms with Gasteiger partial charge in [0.15, 0.2) is 0 Å². The molecule has 2 N–H and O–H groups in total. The van der Waals surface area contributed by atoms with Crippen molar-refractivity contribution in [2.24, 2.45) is 10.2 Å². The molecule has 4 rings (SSSR count). The molecule has 0 heterocycles. The van der Waals surface area contributed by atoms with Crippen molar-refractivity contribution >= 4 is 67.1 Å². The molecule has 0 fully saturated rings. The van der Waals surface area contributed by atoms with Gasteiger partial charge in [-0.1, -0.05) is 66.2 Å². The number of methoxy groups -OCH3 is 1. The number of rotatable bonds is 7. The van der Waals surface area contributed by atoms with E-state index < -0.39 is 26.7 Å². The number of amides is 1. The van der Waals surface area contributed by atoms with Crippen LogP contribution in [-0.4, -0.2) is 26.0 Å². The Morgan fingerprint density at radius 1 is 1.08 bits per heavy atom. The molecule has 4 aromatic rings. The maximum atomic E-state index is 13.4. The van der Waals surface area contributed by atoms with Gasteiger partial charge in [-0.25, -0.2) is 0 Å². The molecule has 4 aromatic carbocycles. The van der Waals surface area contributed by atoms with Crippen LogP contribution in [0.25, 0.3) is 10.8 Å². The van der Waals surface area contributed by atoms with Gasteiger partial charge in [0.05, 0.1) is 23.5 Å². The summed E-state index contributed by atoms with van der Waals surface area (Å²) in [5, 5.41) is 25.1. The number of fused-ring (bicyclic) bond motifs is 1. The Labute approximate surface area is 256 Å². The van der Waals surface area contributed by atoms with E-state index >= 15 is 0 Å². The van der Waals surface area contributed by atoms with Gasteiger partial charge in [0.1, 0.15) is 16.3 Å². The minimum Gasteiger partial charge on any atom is -0.870 e. The molecule has 196 valence electrons. The van der Waals surface area contributed by atoms with Gasteiger partial charge in [-0.3, -0.25) is 9.35 Å². The monoisotopic (exact) mass is 595 g/mol. The van der Waals surface area contributed by atoms with Crippen molar-refractivity contribution in [3.8, 4) is 11.5 Å². The molecule has 0 unspecified atom stereocenters. The van der Waals surface area contributed by atoms with Crippen LogP contribution in [0.1, 0.15) is 22.8 Å². The first-order chi connectivity index (χ1) is 18.0. The molecular formula is C26H20Cl2N3NaO6S. The zero-order chi connectivity index (χ0) is 27.6. The summed E-state index contributed by atoms with van der Waals surface area (Å²) in [7, 11) is -3.22. The average molecular weight is 596 g/mol. The van der Waals surface area contributed by atoms with Crippen molar-refractivity contribution < 1.29 is 57.2 Å². The molecule has 9 nitrogen and oxygen atoms in total. The van der Waals surface area contributed by atoms with Gasteiger partial charge in [0, 0.05) is 16.0 Å².